The molecule has 1 heterocycles. The van der Waals surface area contributed by atoms with Crippen molar-refractivity contribution in [2.75, 3.05) is 20.3 Å². The SMILES string of the molecule is COCCCN(Cc1csc(COc2ccc(Cl)cc2)n1)C(=O)c1ccccc1C. The van der Waals surface area contributed by atoms with Crippen LogP contribution in [0.5, 0.6) is 5.75 Å². The standard InChI is InChI=1S/C23H25ClN2O3S/c1-17-6-3-4-7-21(17)23(27)26(12-5-13-28-2)14-19-16-30-22(25-19)15-29-20-10-8-18(24)9-11-20/h3-4,6-11,16H,5,12-15H2,1-2H3. The first-order chi connectivity index (χ1) is 14.6. The second kappa shape index (κ2) is 11.1. The molecule has 0 bridgehead atoms. The predicted molar refractivity (Wildman–Crippen MR) is 120 cm³/mol. The Balaban J connectivity index is 1.66. The summed E-state index contributed by atoms with van der Waals surface area (Å²) in [4.78, 5) is 19.6. The minimum Gasteiger partial charge on any atom is -0.486 e. The van der Waals surface area contributed by atoms with Crippen molar-refractivity contribution >= 4 is 28.8 Å². The Morgan fingerprint density at radius 1 is 1.17 bits per heavy atom. The zero-order chi connectivity index (χ0) is 21.3. The molecule has 0 radical (unpaired) electrons. The van der Waals surface area contributed by atoms with E-state index >= 15 is 0 Å². The van der Waals surface area contributed by atoms with Crippen molar-refractivity contribution < 1.29 is 14.3 Å². The number of halogens is 1. The monoisotopic (exact) mass is 444 g/mol. The summed E-state index contributed by atoms with van der Waals surface area (Å²) in [6.07, 6.45) is 0.769. The van der Waals surface area contributed by atoms with Gasteiger partial charge in [0.05, 0.1) is 12.2 Å². The quantitative estimate of drug-likeness (QED) is 0.395. The molecule has 1 amide bonds. The van der Waals surface area contributed by atoms with Gasteiger partial charge in [-0.3, -0.25) is 4.79 Å². The second-order valence-corrected chi connectivity index (χ2v) is 8.24. The number of nitrogens with zero attached hydrogens (tertiary/aromatic N) is 2. The number of aromatic nitrogens is 1. The third-order valence-corrected chi connectivity index (χ3v) is 5.69. The van der Waals surface area contributed by atoms with E-state index < -0.39 is 0 Å². The van der Waals surface area contributed by atoms with Crippen LogP contribution in [0.15, 0.2) is 53.9 Å². The molecule has 7 heteroatoms. The number of hydrogen-bond acceptors (Lipinski definition) is 5. The van der Waals surface area contributed by atoms with E-state index in [1.807, 2.05) is 53.6 Å². The van der Waals surface area contributed by atoms with Gasteiger partial charge in [0, 0.05) is 36.2 Å². The summed E-state index contributed by atoms with van der Waals surface area (Å²) in [6, 6.07) is 14.9. The minimum atomic E-state index is 0.0103. The summed E-state index contributed by atoms with van der Waals surface area (Å²) in [6.45, 7) is 4.00. The van der Waals surface area contributed by atoms with E-state index in [4.69, 9.17) is 21.1 Å². The van der Waals surface area contributed by atoms with Crippen LogP contribution in [0, 0.1) is 6.92 Å². The van der Waals surface area contributed by atoms with E-state index in [-0.39, 0.29) is 5.91 Å². The van der Waals surface area contributed by atoms with Crippen LogP contribution in [0.25, 0.3) is 0 Å². The first-order valence-corrected chi connectivity index (χ1v) is 11.0. The van der Waals surface area contributed by atoms with Crippen molar-refractivity contribution in [1.82, 2.24) is 9.88 Å². The van der Waals surface area contributed by atoms with Gasteiger partial charge in [-0.05, 0) is 49.2 Å². The summed E-state index contributed by atoms with van der Waals surface area (Å²) < 4.78 is 10.9. The molecule has 0 N–H and O–H groups in total. The van der Waals surface area contributed by atoms with Gasteiger partial charge in [0.2, 0.25) is 0 Å². The van der Waals surface area contributed by atoms with Gasteiger partial charge in [-0.25, -0.2) is 4.98 Å². The average molecular weight is 445 g/mol. The van der Waals surface area contributed by atoms with E-state index in [9.17, 15) is 4.79 Å². The minimum absolute atomic E-state index is 0.0103. The molecule has 0 fully saturated rings. The van der Waals surface area contributed by atoms with Crippen molar-refractivity contribution in [3.8, 4) is 5.75 Å². The molecule has 0 aliphatic rings. The van der Waals surface area contributed by atoms with Crippen molar-refractivity contribution in [2.24, 2.45) is 0 Å². The number of carbonyl (C=O) groups excluding carboxylic acids is 1. The number of methoxy groups -OCH3 is 1. The second-order valence-electron chi connectivity index (χ2n) is 6.86. The van der Waals surface area contributed by atoms with E-state index in [0.29, 0.717) is 31.3 Å². The molecule has 2 aromatic carbocycles. The van der Waals surface area contributed by atoms with E-state index in [0.717, 1.165) is 34.0 Å². The molecule has 3 rings (SSSR count). The van der Waals surface area contributed by atoms with Crippen molar-refractivity contribution in [3.63, 3.8) is 0 Å². The van der Waals surface area contributed by atoms with Gasteiger partial charge >= 0.3 is 0 Å². The van der Waals surface area contributed by atoms with Gasteiger partial charge in [-0.15, -0.1) is 11.3 Å². The lowest BCUT2D eigenvalue weighted by Gasteiger charge is -2.22. The molecule has 1 aromatic heterocycles. The first-order valence-electron chi connectivity index (χ1n) is 9.72. The topological polar surface area (TPSA) is 51.7 Å². The molecule has 5 nitrogen and oxygen atoms in total. The lowest BCUT2D eigenvalue weighted by molar-refractivity contribution is 0.0721. The molecule has 3 aromatic rings. The van der Waals surface area contributed by atoms with Crippen LogP contribution in [0.2, 0.25) is 5.02 Å². The van der Waals surface area contributed by atoms with Crippen LogP contribution in [0.4, 0.5) is 0 Å². The van der Waals surface area contributed by atoms with Crippen LogP contribution in [-0.4, -0.2) is 36.1 Å². The fourth-order valence-corrected chi connectivity index (χ4v) is 3.82. The van der Waals surface area contributed by atoms with Crippen molar-refractivity contribution in [1.29, 1.82) is 0 Å². The molecule has 0 saturated heterocycles. The molecular formula is C23H25ClN2O3S. The molecular weight excluding hydrogens is 420 g/mol. The highest BCUT2D eigenvalue weighted by atomic mass is 35.5. The van der Waals surface area contributed by atoms with Crippen molar-refractivity contribution in [2.45, 2.75) is 26.5 Å². The van der Waals surface area contributed by atoms with Gasteiger partial charge in [0.25, 0.3) is 5.91 Å². The Labute approximate surface area is 186 Å². The summed E-state index contributed by atoms with van der Waals surface area (Å²) in [5.74, 6) is 0.753. The number of aryl methyl sites for hydroxylation is 1. The maximum Gasteiger partial charge on any atom is 0.254 e. The average Bonchev–Trinajstić information content (AvgIpc) is 3.20. The van der Waals surface area contributed by atoms with Crippen LogP contribution in [0.3, 0.4) is 0 Å². The van der Waals surface area contributed by atoms with Gasteiger partial charge in [0.1, 0.15) is 17.4 Å². The maximum atomic E-state index is 13.1. The Bertz CT molecular complexity index is 959. The number of thiazole rings is 1. The number of ether oxygens (including phenoxy) is 2. The molecule has 0 saturated carbocycles. The molecule has 0 unspecified atom stereocenters. The lowest BCUT2D eigenvalue weighted by atomic mass is 10.1. The summed E-state index contributed by atoms with van der Waals surface area (Å²) >= 11 is 7.43. The highest BCUT2D eigenvalue weighted by Crippen LogP contribution is 2.20. The van der Waals surface area contributed by atoms with Crippen LogP contribution < -0.4 is 4.74 Å². The highest BCUT2D eigenvalue weighted by molar-refractivity contribution is 7.09. The van der Waals surface area contributed by atoms with Gasteiger partial charge in [-0.1, -0.05) is 29.8 Å². The summed E-state index contributed by atoms with van der Waals surface area (Å²) in [7, 11) is 1.67. The molecule has 0 atom stereocenters. The van der Waals surface area contributed by atoms with Gasteiger partial charge in [0.15, 0.2) is 0 Å². The summed E-state index contributed by atoms with van der Waals surface area (Å²) in [5, 5.41) is 3.51. The number of benzene rings is 2. The van der Waals surface area contributed by atoms with E-state index in [1.54, 1.807) is 19.2 Å². The number of hydrogen-bond donors (Lipinski definition) is 0. The van der Waals surface area contributed by atoms with E-state index in [1.165, 1.54) is 11.3 Å². The Kier molecular flexibility index (Phi) is 8.25. The Hall–Kier alpha value is -2.41. The first kappa shape index (κ1) is 22.3. The summed E-state index contributed by atoms with van der Waals surface area (Å²) in [5.41, 5.74) is 2.54. The Morgan fingerprint density at radius 3 is 2.67 bits per heavy atom. The normalized spacial score (nSPS) is 10.8. The third kappa shape index (κ3) is 6.29. The molecule has 158 valence electrons. The number of amides is 1. The van der Waals surface area contributed by atoms with Crippen LogP contribution >= 0.6 is 22.9 Å². The molecule has 0 aliphatic carbocycles. The van der Waals surface area contributed by atoms with Crippen LogP contribution in [-0.2, 0) is 17.9 Å². The number of carbonyl (C=O) groups is 1. The molecule has 0 spiro atoms. The molecule has 30 heavy (non-hydrogen) atoms. The third-order valence-electron chi connectivity index (χ3n) is 4.57. The molecule has 0 aliphatic heterocycles. The fraction of sp³-hybridized carbons (Fsp3) is 0.304. The maximum absolute atomic E-state index is 13.1. The van der Waals surface area contributed by atoms with E-state index in [2.05, 4.69) is 4.98 Å². The largest absolute Gasteiger partial charge is 0.486 e. The predicted octanol–water partition coefficient (Wildman–Crippen LogP) is 5.36. The Morgan fingerprint density at radius 2 is 1.93 bits per heavy atom. The van der Waals surface area contributed by atoms with Gasteiger partial charge < -0.3 is 14.4 Å². The fourth-order valence-electron chi connectivity index (χ4n) is 2.99. The van der Waals surface area contributed by atoms with Crippen molar-refractivity contribution in [3.05, 3.63) is 80.8 Å². The zero-order valence-corrected chi connectivity index (χ0v) is 18.7. The zero-order valence-electron chi connectivity index (χ0n) is 17.1. The smallest absolute Gasteiger partial charge is 0.254 e. The lowest BCUT2D eigenvalue weighted by Crippen LogP contribution is -2.32. The number of rotatable bonds is 10. The van der Waals surface area contributed by atoms with Crippen LogP contribution in [0.1, 0.15) is 33.0 Å². The highest BCUT2D eigenvalue weighted by Gasteiger charge is 2.19. The van der Waals surface area contributed by atoms with Gasteiger partial charge in [-0.2, -0.15) is 0 Å².